The van der Waals surface area contributed by atoms with Gasteiger partial charge in [-0.1, -0.05) is 56.7 Å². The van der Waals surface area contributed by atoms with E-state index in [-0.39, 0.29) is 0 Å². The van der Waals surface area contributed by atoms with E-state index in [1.54, 1.807) is 0 Å². The largest absolute Gasteiger partial charge is 0.493 e. The summed E-state index contributed by atoms with van der Waals surface area (Å²) in [6.07, 6.45) is 16.8. The molecule has 2 aliphatic heterocycles. The molecule has 0 aliphatic carbocycles. The number of hydrogen-bond acceptors (Lipinski definition) is 3. The number of fused-ring (bicyclic) bond motifs is 1. The van der Waals surface area contributed by atoms with Gasteiger partial charge in [0.05, 0.1) is 6.61 Å². The Morgan fingerprint density at radius 2 is 2.03 bits per heavy atom. The molecule has 33 heavy (non-hydrogen) atoms. The fraction of sp³-hybridized carbons (Fsp3) is 0.567. The van der Waals surface area contributed by atoms with Crippen molar-refractivity contribution in [2.45, 2.75) is 91.5 Å². The minimum Gasteiger partial charge on any atom is -0.493 e. The van der Waals surface area contributed by atoms with Crippen molar-refractivity contribution < 1.29 is 4.74 Å². The van der Waals surface area contributed by atoms with E-state index in [0.29, 0.717) is 12.0 Å². The normalized spacial score (nSPS) is 21.5. The maximum absolute atomic E-state index is 5.75. The lowest BCUT2D eigenvalue weighted by Crippen LogP contribution is -2.31. The summed E-state index contributed by atoms with van der Waals surface area (Å²) in [5.74, 6) is 1.69. The molecular weight excluding hydrogens is 404 g/mol. The predicted molar refractivity (Wildman–Crippen MR) is 143 cm³/mol. The van der Waals surface area contributed by atoms with Crippen LogP contribution in [0, 0.1) is 0 Å². The highest BCUT2D eigenvalue weighted by Crippen LogP contribution is 2.37. The second kappa shape index (κ2) is 12.9. The van der Waals surface area contributed by atoms with Crippen LogP contribution in [-0.2, 0) is 6.42 Å². The van der Waals surface area contributed by atoms with E-state index in [4.69, 9.17) is 9.73 Å². The van der Waals surface area contributed by atoms with Crippen molar-refractivity contribution in [1.82, 2.24) is 4.90 Å². The summed E-state index contributed by atoms with van der Waals surface area (Å²) < 4.78 is 5.75. The number of benzene rings is 1. The van der Waals surface area contributed by atoms with Gasteiger partial charge in [-0.15, -0.1) is 0 Å². The van der Waals surface area contributed by atoms with Gasteiger partial charge in [0.1, 0.15) is 5.75 Å². The van der Waals surface area contributed by atoms with Crippen LogP contribution in [0.4, 0.5) is 0 Å². The molecule has 0 radical (unpaired) electrons. The molecule has 3 heteroatoms. The average Bonchev–Trinajstić information content (AvgIpc) is 3.44. The van der Waals surface area contributed by atoms with Crippen molar-refractivity contribution in [3.05, 3.63) is 64.9 Å². The van der Waals surface area contributed by atoms with Crippen LogP contribution in [0.15, 0.2) is 58.8 Å². The van der Waals surface area contributed by atoms with Gasteiger partial charge in [-0.2, -0.15) is 0 Å². The Balaban J connectivity index is 1.77. The van der Waals surface area contributed by atoms with Gasteiger partial charge in [0, 0.05) is 37.5 Å². The lowest BCUT2D eigenvalue weighted by atomic mass is 9.93. The SMILES string of the molecule is CC/C=C\C(=C/CC)CN1CC(c2ccc3c(c2)CCO3)CC1CCC(CC)=NC=C(C)C. The molecule has 2 atom stereocenters. The second-order valence-corrected chi connectivity index (χ2v) is 9.77. The number of ether oxygens (including phenoxy) is 1. The van der Waals surface area contributed by atoms with E-state index in [1.807, 2.05) is 6.20 Å². The van der Waals surface area contributed by atoms with Crippen molar-refractivity contribution >= 4 is 5.71 Å². The maximum atomic E-state index is 5.75. The summed E-state index contributed by atoms with van der Waals surface area (Å²) in [7, 11) is 0. The van der Waals surface area contributed by atoms with Crippen molar-refractivity contribution in [2.75, 3.05) is 19.7 Å². The van der Waals surface area contributed by atoms with Crippen molar-refractivity contribution in [3.63, 3.8) is 0 Å². The molecule has 0 amide bonds. The Kier molecular flexibility index (Phi) is 9.99. The molecule has 0 N–H and O–H groups in total. The Bertz CT molecular complexity index is 889. The molecule has 0 aromatic heterocycles. The smallest absolute Gasteiger partial charge is 0.122 e. The molecule has 3 nitrogen and oxygen atoms in total. The van der Waals surface area contributed by atoms with Crippen molar-refractivity contribution in [3.8, 4) is 5.75 Å². The third-order valence-corrected chi connectivity index (χ3v) is 6.81. The van der Waals surface area contributed by atoms with E-state index >= 15 is 0 Å². The molecule has 0 saturated carbocycles. The van der Waals surface area contributed by atoms with E-state index in [2.05, 4.69) is 75.9 Å². The number of allylic oxidation sites excluding steroid dienone is 3. The molecule has 1 fully saturated rings. The van der Waals surface area contributed by atoms with Crippen LogP contribution in [0.25, 0.3) is 0 Å². The van der Waals surface area contributed by atoms with Gasteiger partial charge in [-0.25, -0.2) is 0 Å². The van der Waals surface area contributed by atoms with E-state index in [9.17, 15) is 0 Å². The lowest BCUT2D eigenvalue weighted by molar-refractivity contribution is 0.266. The summed E-state index contributed by atoms with van der Waals surface area (Å²) in [6, 6.07) is 7.52. The van der Waals surface area contributed by atoms with Crippen LogP contribution in [-0.4, -0.2) is 36.3 Å². The zero-order chi connectivity index (χ0) is 23.6. The van der Waals surface area contributed by atoms with E-state index in [1.165, 1.54) is 40.8 Å². The number of aliphatic imine (C=N–C) groups is 1. The molecule has 0 bridgehead atoms. The summed E-state index contributed by atoms with van der Waals surface area (Å²) in [5, 5.41) is 0. The second-order valence-electron chi connectivity index (χ2n) is 9.77. The molecule has 2 aliphatic rings. The van der Waals surface area contributed by atoms with E-state index in [0.717, 1.165) is 57.6 Å². The monoisotopic (exact) mass is 448 g/mol. The molecule has 3 rings (SSSR count). The van der Waals surface area contributed by atoms with Gasteiger partial charge in [-0.3, -0.25) is 9.89 Å². The Morgan fingerprint density at radius 1 is 1.18 bits per heavy atom. The van der Waals surface area contributed by atoms with Gasteiger partial charge < -0.3 is 4.74 Å². The van der Waals surface area contributed by atoms with Crippen molar-refractivity contribution in [1.29, 1.82) is 0 Å². The maximum Gasteiger partial charge on any atom is 0.122 e. The van der Waals surface area contributed by atoms with Gasteiger partial charge >= 0.3 is 0 Å². The number of rotatable bonds is 11. The van der Waals surface area contributed by atoms with Gasteiger partial charge in [0.25, 0.3) is 0 Å². The number of likely N-dealkylation sites (tertiary alicyclic amines) is 1. The molecule has 180 valence electrons. The first kappa shape index (κ1) is 25.5. The van der Waals surface area contributed by atoms with Gasteiger partial charge in [0.15, 0.2) is 0 Å². The van der Waals surface area contributed by atoms with Crippen LogP contribution in [0.1, 0.15) is 90.2 Å². The molecule has 1 saturated heterocycles. The standard InChI is InChI=1S/C30H44N2O/c1-6-9-11-24(10-7-2)21-32-22-27(25-12-15-30-26(18-25)16-17-33-30)19-29(32)14-13-28(8-3)31-20-23(4)5/h9-12,15,18,20,27,29H,6-8,13-14,16-17,19,21-22H2,1-5H3/b11-9-,24-10+,31-28?. The zero-order valence-corrected chi connectivity index (χ0v) is 21.6. The minimum atomic E-state index is 0.596. The first-order valence-corrected chi connectivity index (χ1v) is 13.1. The van der Waals surface area contributed by atoms with Crippen LogP contribution >= 0.6 is 0 Å². The van der Waals surface area contributed by atoms with Crippen LogP contribution in [0.2, 0.25) is 0 Å². The molecule has 0 spiro atoms. The molecular formula is C30H44N2O. The Labute approximate surface area is 202 Å². The highest BCUT2D eigenvalue weighted by Gasteiger charge is 2.33. The molecule has 1 aromatic rings. The quantitative estimate of drug-likeness (QED) is 0.257. The molecule has 1 aromatic carbocycles. The summed E-state index contributed by atoms with van der Waals surface area (Å²) >= 11 is 0. The van der Waals surface area contributed by atoms with E-state index < -0.39 is 0 Å². The predicted octanol–water partition coefficient (Wildman–Crippen LogP) is 7.64. The summed E-state index contributed by atoms with van der Waals surface area (Å²) in [6.45, 7) is 13.9. The van der Waals surface area contributed by atoms with Crippen LogP contribution in [0.3, 0.4) is 0 Å². The van der Waals surface area contributed by atoms with Crippen LogP contribution in [0.5, 0.6) is 5.75 Å². The van der Waals surface area contributed by atoms with Crippen LogP contribution < -0.4 is 4.74 Å². The third kappa shape index (κ3) is 7.43. The minimum absolute atomic E-state index is 0.596. The molecule has 2 heterocycles. The number of nitrogens with zero attached hydrogens (tertiary/aromatic N) is 2. The zero-order valence-electron chi connectivity index (χ0n) is 21.6. The Hall–Kier alpha value is -2.13. The Morgan fingerprint density at radius 3 is 2.76 bits per heavy atom. The fourth-order valence-corrected chi connectivity index (χ4v) is 5.02. The third-order valence-electron chi connectivity index (χ3n) is 6.81. The highest BCUT2D eigenvalue weighted by molar-refractivity contribution is 5.84. The topological polar surface area (TPSA) is 24.8 Å². The fourth-order valence-electron chi connectivity index (χ4n) is 5.02. The first-order valence-electron chi connectivity index (χ1n) is 13.1. The molecule has 2 unspecified atom stereocenters. The first-order chi connectivity index (χ1) is 16.0. The van der Waals surface area contributed by atoms with Crippen molar-refractivity contribution in [2.24, 2.45) is 4.99 Å². The number of hydrogen-bond donors (Lipinski definition) is 0. The van der Waals surface area contributed by atoms with Gasteiger partial charge in [0.2, 0.25) is 0 Å². The lowest BCUT2D eigenvalue weighted by Gasteiger charge is -2.25. The van der Waals surface area contributed by atoms with Gasteiger partial charge in [-0.05, 0) is 81.1 Å². The summed E-state index contributed by atoms with van der Waals surface area (Å²) in [5.41, 5.74) is 6.93. The summed E-state index contributed by atoms with van der Waals surface area (Å²) in [4.78, 5) is 7.51. The average molecular weight is 449 g/mol. The highest BCUT2D eigenvalue weighted by atomic mass is 16.5.